The molecule has 0 atom stereocenters. The third-order valence-corrected chi connectivity index (χ3v) is 4.01. The minimum absolute atomic E-state index is 0.417. The van der Waals surface area contributed by atoms with E-state index in [0.29, 0.717) is 28.0 Å². The summed E-state index contributed by atoms with van der Waals surface area (Å²) in [5.41, 5.74) is 1.85. The Morgan fingerprint density at radius 3 is 2.76 bits per heavy atom. The van der Waals surface area contributed by atoms with Crippen LogP contribution in [0.25, 0.3) is 0 Å². The summed E-state index contributed by atoms with van der Waals surface area (Å²) in [6.07, 6.45) is 2.18. The zero-order chi connectivity index (χ0) is 18.4. The van der Waals surface area contributed by atoms with Gasteiger partial charge in [-0.3, -0.25) is 0 Å². The summed E-state index contributed by atoms with van der Waals surface area (Å²) in [5.74, 6) is 0.851. The fraction of sp³-hybridized carbons (Fsp3) is 0.389. The van der Waals surface area contributed by atoms with E-state index in [1.165, 1.54) is 7.11 Å². The van der Waals surface area contributed by atoms with Gasteiger partial charge in [-0.1, -0.05) is 24.9 Å². The van der Waals surface area contributed by atoms with Crippen LogP contribution in [0.1, 0.15) is 35.8 Å². The van der Waals surface area contributed by atoms with Gasteiger partial charge in [-0.05, 0) is 31.5 Å². The lowest BCUT2D eigenvalue weighted by Gasteiger charge is -2.18. The number of unbranched alkanes of at least 4 members (excludes halogenated alkanes) is 1. The van der Waals surface area contributed by atoms with E-state index in [4.69, 9.17) is 16.3 Å². The molecule has 0 bridgehead atoms. The first-order valence-corrected chi connectivity index (χ1v) is 8.54. The number of halogens is 1. The number of methoxy groups -OCH3 is 1. The maximum absolute atomic E-state index is 11.7. The SMILES string of the molecule is CCCCN(C)c1nc(C)cc(Nc2cc(C(=O)OC)ccc2Cl)n1. The molecular weight excluding hydrogens is 340 g/mol. The lowest BCUT2D eigenvalue weighted by molar-refractivity contribution is 0.0601. The molecular formula is C18H23ClN4O2. The second kappa shape index (κ2) is 8.67. The molecule has 1 aromatic heterocycles. The molecule has 25 heavy (non-hydrogen) atoms. The van der Waals surface area contributed by atoms with Crippen molar-refractivity contribution in [3.63, 3.8) is 0 Å². The van der Waals surface area contributed by atoms with Crippen molar-refractivity contribution in [2.45, 2.75) is 26.7 Å². The van der Waals surface area contributed by atoms with E-state index in [1.807, 2.05) is 24.9 Å². The summed E-state index contributed by atoms with van der Waals surface area (Å²) in [5, 5.41) is 3.66. The van der Waals surface area contributed by atoms with Gasteiger partial charge < -0.3 is 15.0 Å². The zero-order valence-electron chi connectivity index (χ0n) is 15.0. The van der Waals surface area contributed by atoms with E-state index in [2.05, 4.69) is 22.2 Å². The van der Waals surface area contributed by atoms with Crippen molar-refractivity contribution in [3.8, 4) is 0 Å². The van der Waals surface area contributed by atoms with Crippen LogP contribution in [-0.4, -0.2) is 36.6 Å². The molecule has 0 radical (unpaired) electrons. The number of aryl methyl sites for hydroxylation is 1. The molecule has 2 aromatic rings. The second-order valence-electron chi connectivity index (χ2n) is 5.78. The first kappa shape index (κ1) is 19.0. The van der Waals surface area contributed by atoms with Gasteiger partial charge in [-0.15, -0.1) is 0 Å². The van der Waals surface area contributed by atoms with Crippen LogP contribution in [0.3, 0.4) is 0 Å². The number of aromatic nitrogens is 2. The van der Waals surface area contributed by atoms with Crippen LogP contribution < -0.4 is 10.2 Å². The van der Waals surface area contributed by atoms with Crippen molar-refractivity contribution in [2.75, 3.05) is 30.9 Å². The van der Waals surface area contributed by atoms with Gasteiger partial charge in [0.1, 0.15) is 5.82 Å². The summed E-state index contributed by atoms with van der Waals surface area (Å²) < 4.78 is 4.75. The quantitative estimate of drug-likeness (QED) is 0.744. The van der Waals surface area contributed by atoms with Crippen molar-refractivity contribution in [1.29, 1.82) is 0 Å². The number of benzene rings is 1. The lowest BCUT2D eigenvalue weighted by atomic mass is 10.2. The van der Waals surface area contributed by atoms with Crippen LogP contribution in [0.15, 0.2) is 24.3 Å². The molecule has 0 aliphatic heterocycles. The molecule has 1 heterocycles. The fourth-order valence-corrected chi connectivity index (χ4v) is 2.45. The van der Waals surface area contributed by atoms with Gasteiger partial charge in [-0.25, -0.2) is 9.78 Å². The van der Waals surface area contributed by atoms with Crippen molar-refractivity contribution in [3.05, 3.63) is 40.5 Å². The maximum Gasteiger partial charge on any atom is 0.337 e. The molecule has 134 valence electrons. The standard InChI is InChI=1S/C18H23ClN4O2/c1-5-6-9-23(3)18-20-12(2)10-16(22-18)21-15-11-13(17(24)25-4)7-8-14(15)19/h7-8,10-11H,5-6,9H2,1-4H3,(H,20,21,22). The van der Waals surface area contributed by atoms with Gasteiger partial charge in [0.2, 0.25) is 5.95 Å². The highest BCUT2D eigenvalue weighted by Crippen LogP contribution is 2.27. The average molecular weight is 363 g/mol. The van der Waals surface area contributed by atoms with Crippen LogP contribution in [0, 0.1) is 6.92 Å². The number of carbonyl (C=O) groups is 1. The molecule has 0 aliphatic carbocycles. The van der Waals surface area contributed by atoms with Crippen molar-refractivity contribution in [1.82, 2.24) is 9.97 Å². The van der Waals surface area contributed by atoms with Gasteiger partial charge in [0, 0.05) is 25.4 Å². The van der Waals surface area contributed by atoms with E-state index < -0.39 is 5.97 Å². The largest absolute Gasteiger partial charge is 0.465 e. The summed E-state index contributed by atoms with van der Waals surface area (Å²) in [6.45, 7) is 4.95. The number of anilines is 3. The molecule has 1 aromatic carbocycles. The number of ether oxygens (including phenoxy) is 1. The highest BCUT2D eigenvalue weighted by Gasteiger charge is 2.12. The van der Waals surface area contributed by atoms with E-state index >= 15 is 0 Å². The van der Waals surface area contributed by atoms with E-state index in [1.54, 1.807) is 18.2 Å². The minimum Gasteiger partial charge on any atom is -0.465 e. The molecule has 0 amide bonds. The van der Waals surface area contributed by atoms with Crippen LogP contribution >= 0.6 is 11.6 Å². The number of esters is 1. The molecule has 7 heteroatoms. The molecule has 2 rings (SSSR count). The lowest BCUT2D eigenvalue weighted by Crippen LogP contribution is -2.21. The van der Waals surface area contributed by atoms with E-state index in [0.717, 1.165) is 25.1 Å². The van der Waals surface area contributed by atoms with Gasteiger partial charge >= 0.3 is 5.97 Å². The van der Waals surface area contributed by atoms with E-state index in [-0.39, 0.29) is 0 Å². The van der Waals surface area contributed by atoms with Crippen LogP contribution in [-0.2, 0) is 4.74 Å². The zero-order valence-corrected chi connectivity index (χ0v) is 15.7. The van der Waals surface area contributed by atoms with Crippen molar-refractivity contribution in [2.24, 2.45) is 0 Å². The smallest absolute Gasteiger partial charge is 0.337 e. The second-order valence-corrected chi connectivity index (χ2v) is 6.19. The van der Waals surface area contributed by atoms with Crippen LogP contribution in [0.5, 0.6) is 0 Å². The highest BCUT2D eigenvalue weighted by molar-refractivity contribution is 6.33. The molecule has 0 saturated carbocycles. The highest BCUT2D eigenvalue weighted by atomic mass is 35.5. The van der Waals surface area contributed by atoms with E-state index in [9.17, 15) is 4.79 Å². The van der Waals surface area contributed by atoms with Crippen LogP contribution in [0.2, 0.25) is 5.02 Å². The maximum atomic E-state index is 11.7. The number of carbonyl (C=O) groups excluding carboxylic acids is 1. The Morgan fingerprint density at radius 2 is 2.08 bits per heavy atom. The van der Waals surface area contributed by atoms with Gasteiger partial charge in [0.15, 0.2) is 0 Å². The molecule has 0 unspecified atom stereocenters. The molecule has 0 aliphatic rings. The Kier molecular flexibility index (Phi) is 6.58. The van der Waals surface area contributed by atoms with Crippen molar-refractivity contribution >= 4 is 35.0 Å². The Morgan fingerprint density at radius 1 is 1.32 bits per heavy atom. The fourth-order valence-electron chi connectivity index (χ4n) is 2.29. The van der Waals surface area contributed by atoms with Gasteiger partial charge in [-0.2, -0.15) is 4.98 Å². The first-order chi connectivity index (χ1) is 11.9. The van der Waals surface area contributed by atoms with Gasteiger partial charge in [0.25, 0.3) is 0 Å². The first-order valence-electron chi connectivity index (χ1n) is 8.16. The number of nitrogens with one attached hydrogen (secondary N) is 1. The predicted molar refractivity (Wildman–Crippen MR) is 101 cm³/mol. The monoisotopic (exact) mass is 362 g/mol. The summed E-state index contributed by atoms with van der Waals surface area (Å²) in [4.78, 5) is 22.7. The Hall–Kier alpha value is -2.34. The van der Waals surface area contributed by atoms with Crippen molar-refractivity contribution < 1.29 is 9.53 Å². The predicted octanol–water partition coefficient (Wildman–Crippen LogP) is 4.20. The third kappa shape index (κ3) is 5.06. The summed E-state index contributed by atoms with van der Waals surface area (Å²) >= 11 is 6.24. The normalized spacial score (nSPS) is 10.4. The van der Waals surface area contributed by atoms with Gasteiger partial charge in [0.05, 0.1) is 23.4 Å². The summed E-state index contributed by atoms with van der Waals surface area (Å²) in [6, 6.07) is 6.75. The number of hydrogen-bond donors (Lipinski definition) is 1. The molecule has 6 nitrogen and oxygen atoms in total. The molecule has 0 fully saturated rings. The number of nitrogens with zero attached hydrogens (tertiary/aromatic N) is 3. The Bertz CT molecular complexity index is 752. The van der Waals surface area contributed by atoms with Crippen LogP contribution in [0.4, 0.5) is 17.5 Å². The molecule has 1 N–H and O–H groups in total. The number of hydrogen-bond acceptors (Lipinski definition) is 6. The Balaban J connectivity index is 2.28. The molecule has 0 saturated heterocycles. The molecule has 0 spiro atoms. The Labute approximate surface area is 153 Å². The average Bonchev–Trinajstić information content (AvgIpc) is 2.60. The third-order valence-electron chi connectivity index (χ3n) is 3.68. The topological polar surface area (TPSA) is 67.4 Å². The number of rotatable bonds is 7. The minimum atomic E-state index is -0.418. The summed E-state index contributed by atoms with van der Waals surface area (Å²) in [7, 11) is 3.31.